The first kappa shape index (κ1) is 7.71. The summed E-state index contributed by atoms with van der Waals surface area (Å²) in [6, 6.07) is 5.21. The zero-order valence-electron chi connectivity index (χ0n) is 6.70. The van der Waals surface area contributed by atoms with Crippen LogP contribution >= 0.6 is 0 Å². The summed E-state index contributed by atoms with van der Waals surface area (Å²) in [4.78, 5) is 24.8. The molecule has 4 nitrogen and oxygen atoms in total. The highest BCUT2D eigenvalue weighted by molar-refractivity contribution is 6.03. The van der Waals surface area contributed by atoms with Gasteiger partial charge in [0.1, 0.15) is 0 Å². The van der Waals surface area contributed by atoms with Crippen molar-refractivity contribution in [1.82, 2.24) is 5.32 Å². The van der Waals surface area contributed by atoms with Gasteiger partial charge in [-0.1, -0.05) is 12.1 Å². The van der Waals surface area contributed by atoms with E-state index in [9.17, 15) is 9.59 Å². The Morgan fingerprint density at radius 2 is 2.31 bits per heavy atom. The van der Waals surface area contributed by atoms with Crippen molar-refractivity contribution in [2.75, 3.05) is 0 Å². The molecule has 1 aromatic carbocycles. The van der Waals surface area contributed by atoms with E-state index in [1.54, 1.807) is 12.1 Å². The molecule has 1 aliphatic rings. The number of nitrogens with one attached hydrogen (secondary N) is 1. The molecule has 0 saturated carbocycles. The molecule has 1 N–H and O–H groups in total. The highest BCUT2D eigenvalue weighted by Gasteiger charge is 2.21. The predicted molar refractivity (Wildman–Crippen MR) is 45.4 cm³/mol. The standard InChI is InChI=1S/C9H6N2O2/c12-5-11-7-3-1-2-6-4-10-9(13)8(6)7/h1-3H,4H2,(H,10,13). The van der Waals surface area contributed by atoms with E-state index in [0.717, 1.165) is 5.56 Å². The van der Waals surface area contributed by atoms with Crippen molar-refractivity contribution in [2.45, 2.75) is 6.54 Å². The lowest BCUT2D eigenvalue weighted by Crippen LogP contribution is -2.12. The summed E-state index contributed by atoms with van der Waals surface area (Å²) >= 11 is 0. The summed E-state index contributed by atoms with van der Waals surface area (Å²) in [5.74, 6) is -0.176. The Morgan fingerprint density at radius 3 is 3.08 bits per heavy atom. The predicted octanol–water partition coefficient (Wildman–Crippen LogP) is 0.897. The largest absolute Gasteiger partial charge is 0.348 e. The first-order chi connectivity index (χ1) is 6.33. The molecule has 4 heteroatoms. The van der Waals surface area contributed by atoms with E-state index in [1.165, 1.54) is 6.08 Å². The molecule has 0 atom stereocenters. The molecule has 0 bridgehead atoms. The minimum absolute atomic E-state index is 0.176. The third-order valence-corrected chi connectivity index (χ3v) is 1.96. The third-order valence-electron chi connectivity index (χ3n) is 1.96. The second kappa shape index (κ2) is 2.84. The molecular weight excluding hydrogens is 168 g/mol. The van der Waals surface area contributed by atoms with E-state index in [1.807, 2.05) is 6.07 Å². The number of isocyanates is 1. The minimum Gasteiger partial charge on any atom is -0.348 e. The van der Waals surface area contributed by atoms with Crippen molar-refractivity contribution < 1.29 is 9.59 Å². The number of hydrogen-bond acceptors (Lipinski definition) is 3. The van der Waals surface area contributed by atoms with Gasteiger partial charge < -0.3 is 5.32 Å². The molecule has 2 rings (SSSR count). The quantitative estimate of drug-likeness (QED) is 0.508. The highest BCUT2D eigenvalue weighted by Crippen LogP contribution is 2.25. The first-order valence-electron chi connectivity index (χ1n) is 3.81. The average molecular weight is 174 g/mol. The molecule has 64 valence electrons. The number of fused-ring (bicyclic) bond motifs is 1. The van der Waals surface area contributed by atoms with Crippen molar-refractivity contribution in [3.05, 3.63) is 29.3 Å². The summed E-state index contributed by atoms with van der Waals surface area (Å²) in [7, 11) is 0. The van der Waals surface area contributed by atoms with Crippen LogP contribution in [0.2, 0.25) is 0 Å². The Labute approximate surface area is 74.3 Å². The maximum absolute atomic E-state index is 11.3. The molecule has 1 aromatic rings. The van der Waals surface area contributed by atoms with Crippen LogP contribution < -0.4 is 5.32 Å². The third kappa shape index (κ3) is 1.13. The topological polar surface area (TPSA) is 58.5 Å². The molecule has 0 aromatic heterocycles. The molecule has 0 saturated heterocycles. The molecule has 0 aliphatic carbocycles. The number of carbonyl (C=O) groups is 1. The van der Waals surface area contributed by atoms with Crippen LogP contribution in [0.4, 0.5) is 5.69 Å². The van der Waals surface area contributed by atoms with Crippen molar-refractivity contribution in [1.29, 1.82) is 0 Å². The van der Waals surface area contributed by atoms with Crippen LogP contribution in [-0.4, -0.2) is 12.0 Å². The zero-order chi connectivity index (χ0) is 9.26. The van der Waals surface area contributed by atoms with Gasteiger partial charge in [-0.3, -0.25) is 4.79 Å². The van der Waals surface area contributed by atoms with Crippen molar-refractivity contribution >= 4 is 17.7 Å². The van der Waals surface area contributed by atoms with E-state index < -0.39 is 0 Å². The lowest BCUT2D eigenvalue weighted by molar-refractivity contribution is 0.0966. The van der Waals surface area contributed by atoms with Gasteiger partial charge in [0.15, 0.2) is 0 Å². The first-order valence-corrected chi connectivity index (χ1v) is 3.81. The van der Waals surface area contributed by atoms with E-state index in [2.05, 4.69) is 10.3 Å². The van der Waals surface area contributed by atoms with Crippen LogP contribution in [0, 0.1) is 0 Å². The van der Waals surface area contributed by atoms with Gasteiger partial charge in [-0.15, -0.1) is 0 Å². The summed E-state index contributed by atoms with van der Waals surface area (Å²) in [5.41, 5.74) is 1.76. The van der Waals surface area contributed by atoms with Gasteiger partial charge in [0, 0.05) is 6.54 Å². The van der Waals surface area contributed by atoms with Crippen LogP contribution in [0.1, 0.15) is 15.9 Å². The van der Waals surface area contributed by atoms with E-state index in [-0.39, 0.29) is 5.91 Å². The smallest absolute Gasteiger partial charge is 0.254 e. The lowest BCUT2D eigenvalue weighted by Gasteiger charge is -1.97. The van der Waals surface area contributed by atoms with Crippen LogP contribution in [0.25, 0.3) is 0 Å². The van der Waals surface area contributed by atoms with Crippen LogP contribution in [0.3, 0.4) is 0 Å². The maximum atomic E-state index is 11.3. The monoisotopic (exact) mass is 174 g/mol. The van der Waals surface area contributed by atoms with Gasteiger partial charge in [-0.25, -0.2) is 4.79 Å². The Kier molecular flexibility index (Phi) is 1.69. The maximum Gasteiger partial charge on any atom is 0.254 e. The van der Waals surface area contributed by atoms with Gasteiger partial charge in [0.2, 0.25) is 6.08 Å². The highest BCUT2D eigenvalue weighted by atomic mass is 16.2. The summed E-state index contributed by atoms with van der Waals surface area (Å²) < 4.78 is 0. The average Bonchev–Trinajstić information content (AvgIpc) is 2.50. The fourth-order valence-electron chi connectivity index (χ4n) is 1.40. The Hall–Kier alpha value is -1.93. The van der Waals surface area contributed by atoms with Gasteiger partial charge in [-0.2, -0.15) is 4.99 Å². The zero-order valence-corrected chi connectivity index (χ0v) is 6.70. The van der Waals surface area contributed by atoms with Crippen LogP contribution in [-0.2, 0) is 11.3 Å². The molecule has 0 unspecified atom stereocenters. The fourth-order valence-corrected chi connectivity index (χ4v) is 1.40. The molecule has 0 radical (unpaired) electrons. The summed E-state index contributed by atoms with van der Waals surface area (Å²) in [5, 5.41) is 2.66. The second-order valence-electron chi connectivity index (χ2n) is 2.70. The minimum atomic E-state index is -0.176. The van der Waals surface area contributed by atoms with Crippen molar-refractivity contribution in [3.63, 3.8) is 0 Å². The summed E-state index contributed by atoms with van der Waals surface area (Å²) in [6.07, 6.45) is 1.43. The van der Waals surface area contributed by atoms with Crippen molar-refractivity contribution in [3.8, 4) is 0 Å². The Morgan fingerprint density at radius 1 is 1.46 bits per heavy atom. The van der Waals surface area contributed by atoms with E-state index in [0.29, 0.717) is 17.8 Å². The van der Waals surface area contributed by atoms with Crippen molar-refractivity contribution in [2.24, 2.45) is 4.99 Å². The molecule has 0 spiro atoms. The molecule has 13 heavy (non-hydrogen) atoms. The van der Waals surface area contributed by atoms with Gasteiger partial charge in [-0.05, 0) is 11.6 Å². The van der Waals surface area contributed by atoms with Gasteiger partial charge in [0.05, 0.1) is 11.3 Å². The Balaban J connectivity index is 2.66. The lowest BCUT2D eigenvalue weighted by atomic mass is 10.1. The molecular formula is C9H6N2O2. The number of hydrogen-bond donors (Lipinski definition) is 1. The van der Waals surface area contributed by atoms with E-state index in [4.69, 9.17) is 0 Å². The Bertz CT molecular complexity index is 420. The number of amides is 1. The van der Waals surface area contributed by atoms with Crippen LogP contribution in [0.15, 0.2) is 23.2 Å². The molecule has 1 heterocycles. The SMILES string of the molecule is O=C=Nc1cccc2c1C(=O)NC2. The molecule has 1 amide bonds. The van der Waals surface area contributed by atoms with Crippen LogP contribution in [0.5, 0.6) is 0 Å². The number of nitrogens with zero attached hydrogens (tertiary/aromatic N) is 1. The van der Waals surface area contributed by atoms with Gasteiger partial charge >= 0.3 is 0 Å². The number of rotatable bonds is 1. The summed E-state index contributed by atoms with van der Waals surface area (Å²) in [6.45, 7) is 0.510. The number of aliphatic imine (C=N–C) groups is 1. The number of benzene rings is 1. The van der Waals surface area contributed by atoms with E-state index >= 15 is 0 Å². The molecule has 1 aliphatic heterocycles. The molecule has 0 fully saturated rings. The normalized spacial score (nSPS) is 13.1. The van der Waals surface area contributed by atoms with Gasteiger partial charge in [0.25, 0.3) is 5.91 Å². The second-order valence-corrected chi connectivity index (χ2v) is 2.70. The number of carbonyl (C=O) groups excluding carboxylic acids is 2. The fraction of sp³-hybridized carbons (Fsp3) is 0.111.